The molecule has 2 fully saturated rings. The number of aromatic nitrogens is 1. The highest BCUT2D eigenvalue weighted by molar-refractivity contribution is 5.73. The summed E-state index contributed by atoms with van der Waals surface area (Å²) in [7, 11) is 0. The van der Waals surface area contributed by atoms with Crippen molar-refractivity contribution < 1.29 is 15.0 Å². The monoisotopic (exact) mass is 508 g/mol. The van der Waals surface area contributed by atoms with Crippen LogP contribution in [0, 0.1) is 0 Å². The van der Waals surface area contributed by atoms with Gasteiger partial charge in [0.15, 0.2) is 6.35 Å². The molecule has 0 bridgehead atoms. The van der Waals surface area contributed by atoms with E-state index in [0.717, 1.165) is 69.9 Å². The molecule has 9 heteroatoms. The van der Waals surface area contributed by atoms with Crippen LogP contribution in [-0.4, -0.2) is 105 Å². The van der Waals surface area contributed by atoms with E-state index in [4.69, 9.17) is 0 Å². The van der Waals surface area contributed by atoms with Gasteiger partial charge in [-0.1, -0.05) is 24.3 Å². The van der Waals surface area contributed by atoms with E-state index in [-0.39, 0.29) is 5.91 Å². The molecule has 4 heterocycles. The molecule has 1 unspecified atom stereocenters. The Morgan fingerprint density at radius 3 is 2.59 bits per heavy atom. The van der Waals surface area contributed by atoms with Crippen LogP contribution in [0.25, 0.3) is 0 Å². The summed E-state index contributed by atoms with van der Waals surface area (Å²) in [5.41, 5.74) is 3.85. The number of β-amino-alcohol motifs (C(OH)–C–C–N with tert-alkyl or cyclic N) is 1. The van der Waals surface area contributed by atoms with Crippen LogP contribution >= 0.6 is 0 Å². The summed E-state index contributed by atoms with van der Waals surface area (Å²) in [5.74, 6) is 0.976. The third-order valence-corrected chi connectivity index (χ3v) is 7.95. The lowest BCUT2D eigenvalue weighted by Gasteiger charge is -2.32. The maximum atomic E-state index is 11.6. The highest BCUT2D eigenvalue weighted by atomic mass is 16.3. The van der Waals surface area contributed by atoms with E-state index >= 15 is 0 Å². The zero-order valence-corrected chi connectivity index (χ0v) is 21.8. The molecule has 2 atom stereocenters. The normalized spacial score (nSPS) is 22.7. The molecule has 1 amide bonds. The molecule has 1 aromatic heterocycles. The number of hydrogen-bond donors (Lipinski definition) is 3. The van der Waals surface area contributed by atoms with Crippen molar-refractivity contribution in [1.82, 2.24) is 24.6 Å². The molecule has 3 N–H and O–H groups in total. The quantitative estimate of drug-likeness (QED) is 0.492. The Bertz CT molecular complexity index is 1060. The summed E-state index contributed by atoms with van der Waals surface area (Å²) in [6, 6.07) is 12.9. The Morgan fingerprint density at radius 1 is 1.05 bits per heavy atom. The lowest BCUT2D eigenvalue weighted by atomic mass is 10.00. The Balaban J connectivity index is 1.08. The number of rotatable bonds is 8. The van der Waals surface area contributed by atoms with Crippen LogP contribution in [0.1, 0.15) is 36.5 Å². The zero-order chi connectivity index (χ0) is 25.8. The van der Waals surface area contributed by atoms with Crippen molar-refractivity contribution in [3.63, 3.8) is 0 Å². The van der Waals surface area contributed by atoms with E-state index in [1.165, 1.54) is 11.1 Å². The van der Waals surface area contributed by atoms with E-state index < -0.39 is 12.5 Å². The van der Waals surface area contributed by atoms with Gasteiger partial charge >= 0.3 is 0 Å². The lowest BCUT2D eigenvalue weighted by Crippen LogP contribution is -2.45. The van der Waals surface area contributed by atoms with Gasteiger partial charge in [0.25, 0.3) is 0 Å². The van der Waals surface area contributed by atoms with Crippen LogP contribution in [0.4, 0.5) is 5.82 Å². The van der Waals surface area contributed by atoms with Crippen molar-refractivity contribution in [1.29, 1.82) is 0 Å². The molecule has 2 saturated heterocycles. The van der Waals surface area contributed by atoms with Crippen molar-refractivity contribution in [2.24, 2.45) is 0 Å². The fraction of sp³-hybridized carbons (Fsp3) is 0.571. The second kappa shape index (κ2) is 11.9. The molecule has 0 spiro atoms. The van der Waals surface area contributed by atoms with Crippen LogP contribution in [-0.2, 0) is 24.3 Å². The number of hydrogen-bond acceptors (Lipinski definition) is 8. The number of aliphatic hydroxyl groups is 2. The third kappa shape index (κ3) is 6.66. The number of benzene rings is 1. The van der Waals surface area contributed by atoms with Gasteiger partial charge in [0.1, 0.15) is 5.82 Å². The fourth-order valence-corrected chi connectivity index (χ4v) is 5.84. The van der Waals surface area contributed by atoms with Crippen LogP contribution in [0.5, 0.6) is 0 Å². The number of nitrogens with zero attached hydrogens (tertiary/aromatic N) is 5. The Morgan fingerprint density at radius 2 is 1.81 bits per heavy atom. The molecule has 5 rings (SSSR count). The molecule has 0 radical (unpaired) electrons. The second-order valence-corrected chi connectivity index (χ2v) is 10.7. The molecular weight excluding hydrogens is 468 g/mol. The topological polar surface area (TPSA) is 95.4 Å². The highest BCUT2D eigenvalue weighted by Gasteiger charge is 2.32. The number of anilines is 1. The average Bonchev–Trinajstić information content (AvgIpc) is 3.23. The Hall–Kier alpha value is -2.56. The van der Waals surface area contributed by atoms with Gasteiger partial charge in [-0.2, -0.15) is 0 Å². The third-order valence-electron chi connectivity index (χ3n) is 7.95. The molecule has 3 aliphatic rings. The first-order valence-electron chi connectivity index (χ1n) is 13.5. The number of pyridine rings is 1. The Kier molecular flexibility index (Phi) is 8.36. The number of likely N-dealkylation sites (tertiary alicyclic amines) is 1. The Labute approximate surface area is 219 Å². The van der Waals surface area contributed by atoms with Crippen molar-refractivity contribution >= 4 is 11.7 Å². The molecular formula is C28H40N6O3. The molecule has 200 valence electrons. The van der Waals surface area contributed by atoms with E-state index in [2.05, 4.69) is 45.5 Å². The van der Waals surface area contributed by atoms with Crippen LogP contribution < -0.4 is 5.32 Å². The second-order valence-electron chi connectivity index (χ2n) is 10.7. The van der Waals surface area contributed by atoms with Crippen LogP contribution in [0.3, 0.4) is 0 Å². The SMILES string of the molecule is CC(=O)N1CCC(Nc2cc(CN3CCN(C[C@H](O)CN4CCc5ccccc5C4)C3O)ccn2)CC1. The number of carbonyl (C=O) groups excluding carboxylic acids is 1. The summed E-state index contributed by atoms with van der Waals surface area (Å²) < 4.78 is 0. The van der Waals surface area contributed by atoms with Gasteiger partial charge in [-0.15, -0.1) is 0 Å². The zero-order valence-electron chi connectivity index (χ0n) is 21.8. The minimum Gasteiger partial charge on any atom is -0.390 e. The summed E-state index contributed by atoms with van der Waals surface area (Å²) in [6.45, 7) is 8.18. The molecule has 37 heavy (non-hydrogen) atoms. The standard InChI is InChI=1S/C28H40N6O3/c1-21(35)32-12-8-25(9-13-32)30-27-16-22(6-10-29-27)17-33-14-15-34(28(33)37)20-26(36)19-31-11-7-23-4-2-3-5-24(23)18-31/h2-6,10,16,25-26,28,36-37H,7-9,11-15,17-20H2,1H3,(H,29,30)/t26-,28?/m1/s1. The molecule has 2 aromatic rings. The average molecular weight is 509 g/mol. The number of amides is 1. The van der Waals surface area contributed by atoms with Crippen molar-refractivity contribution in [2.75, 3.05) is 51.1 Å². The first-order chi connectivity index (χ1) is 17.9. The number of piperidine rings is 1. The van der Waals surface area contributed by atoms with E-state index in [0.29, 0.717) is 25.7 Å². The highest BCUT2D eigenvalue weighted by Crippen LogP contribution is 2.21. The van der Waals surface area contributed by atoms with E-state index in [1.54, 1.807) is 6.92 Å². The van der Waals surface area contributed by atoms with E-state index in [9.17, 15) is 15.0 Å². The maximum Gasteiger partial charge on any atom is 0.219 e. The van der Waals surface area contributed by atoms with Crippen LogP contribution in [0.2, 0.25) is 0 Å². The maximum absolute atomic E-state index is 11.6. The minimum atomic E-state index is -0.711. The van der Waals surface area contributed by atoms with E-state index in [1.807, 2.05) is 27.0 Å². The first kappa shape index (κ1) is 26.1. The van der Waals surface area contributed by atoms with Gasteiger partial charge in [0, 0.05) is 78.1 Å². The molecule has 1 aromatic carbocycles. The number of fused-ring (bicyclic) bond motifs is 1. The molecule has 0 aliphatic carbocycles. The van der Waals surface area contributed by atoms with Gasteiger partial charge < -0.3 is 20.4 Å². The molecule has 9 nitrogen and oxygen atoms in total. The summed E-state index contributed by atoms with van der Waals surface area (Å²) in [5, 5.41) is 25.3. The van der Waals surface area contributed by atoms with Gasteiger partial charge in [-0.05, 0) is 48.1 Å². The van der Waals surface area contributed by atoms with Gasteiger partial charge in [-0.3, -0.25) is 19.5 Å². The first-order valence-corrected chi connectivity index (χ1v) is 13.5. The van der Waals surface area contributed by atoms with Crippen molar-refractivity contribution in [3.8, 4) is 0 Å². The van der Waals surface area contributed by atoms with Gasteiger partial charge in [0.05, 0.1) is 6.10 Å². The fourth-order valence-electron chi connectivity index (χ4n) is 5.84. The predicted octanol–water partition coefficient (Wildman–Crippen LogP) is 1.32. The number of carbonyl (C=O) groups is 1. The smallest absolute Gasteiger partial charge is 0.219 e. The van der Waals surface area contributed by atoms with Crippen LogP contribution in [0.15, 0.2) is 42.6 Å². The lowest BCUT2D eigenvalue weighted by molar-refractivity contribution is -0.129. The molecule has 3 aliphatic heterocycles. The molecule has 0 saturated carbocycles. The summed E-state index contributed by atoms with van der Waals surface area (Å²) >= 11 is 0. The summed E-state index contributed by atoms with van der Waals surface area (Å²) in [4.78, 5) is 24.2. The number of aliphatic hydroxyl groups excluding tert-OH is 2. The predicted molar refractivity (Wildman–Crippen MR) is 143 cm³/mol. The van der Waals surface area contributed by atoms with Gasteiger partial charge in [0.2, 0.25) is 5.91 Å². The summed E-state index contributed by atoms with van der Waals surface area (Å²) in [6.07, 6.45) is 3.44. The van der Waals surface area contributed by atoms with Crippen molar-refractivity contribution in [2.45, 2.75) is 57.8 Å². The van der Waals surface area contributed by atoms with Crippen molar-refractivity contribution in [3.05, 3.63) is 59.3 Å². The minimum absolute atomic E-state index is 0.140. The van der Waals surface area contributed by atoms with Gasteiger partial charge in [-0.25, -0.2) is 4.98 Å². The number of nitrogens with one attached hydrogen (secondary N) is 1. The largest absolute Gasteiger partial charge is 0.390 e.